The molecule has 2 heterocycles. The molecule has 2 N–H and O–H groups in total. The number of fused-ring (bicyclic) bond motifs is 1. The molecule has 0 radical (unpaired) electrons. The lowest BCUT2D eigenvalue weighted by molar-refractivity contribution is 0.426. The molecular formula is C18H25N5O2S. The summed E-state index contributed by atoms with van der Waals surface area (Å²) in [7, 11) is -3.61. The highest BCUT2D eigenvalue weighted by Crippen LogP contribution is 2.23. The first-order valence-corrected chi connectivity index (χ1v) is 10.4. The minimum Gasteiger partial charge on any atom is -0.315 e. The predicted octanol–water partition coefficient (Wildman–Crippen LogP) is 1.71. The van der Waals surface area contributed by atoms with Crippen LogP contribution >= 0.6 is 0 Å². The van der Waals surface area contributed by atoms with Crippen LogP contribution in [0.15, 0.2) is 35.7 Å². The summed E-state index contributed by atoms with van der Waals surface area (Å²) in [5.74, 6) is 1.62. The van der Waals surface area contributed by atoms with Gasteiger partial charge in [-0.2, -0.15) is 0 Å². The molecule has 1 aromatic heterocycles. The van der Waals surface area contributed by atoms with Crippen LogP contribution in [0.25, 0.3) is 6.08 Å². The van der Waals surface area contributed by atoms with Gasteiger partial charge in [-0.05, 0) is 17.6 Å². The third-order valence-electron chi connectivity index (χ3n) is 4.37. The van der Waals surface area contributed by atoms with Gasteiger partial charge in [0.1, 0.15) is 5.82 Å². The number of aromatic nitrogens is 3. The average molecular weight is 375 g/mol. The van der Waals surface area contributed by atoms with Crippen molar-refractivity contribution >= 4 is 16.1 Å². The summed E-state index contributed by atoms with van der Waals surface area (Å²) in [6.45, 7) is 6.37. The molecular weight excluding hydrogens is 350 g/mol. The maximum absolute atomic E-state index is 12.6. The Morgan fingerprint density at radius 2 is 1.96 bits per heavy atom. The van der Waals surface area contributed by atoms with Gasteiger partial charge in [0.25, 0.3) is 0 Å². The predicted molar refractivity (Wildman–Crippen MR) is 102 cm³/mol. The number of hydrogen-bond donors (Lipinski definition) is 2. The largest absolute Gasteiger partial charge is 0.315 e. The maximum Gasteiger partial charge on any atom is 0.234 e. The topological polar surface area (TPSA) is 88.9 Å². The van der Waals surface area contributed by atoms with E-state index in [1.54, 1.807) is 6.08 Å². The van der Waals surface area contributed by atoms with E-state index >= 15 is 0 Å². The Labute approximate surface area is 154 Å². The number of rotatable bonds is 6. The molecule has 0 aliphatic carbocycles. The van der Waals surface area contributed by atoms with Crippen molar-refractivity contribution in [2.24, 2.45) is 5.92 Å². The van der Waals surface area contributed by atoms with Gasteiger partial charge in [-0.25, -0.2) is 13.1 Å². The molecule has 0 amide bonds. The van der Waals surface area contributed by atoms with Crippen molar-refractivity contribution in [3.8, 4) is 0 Å². The molecule has 0 fully saturated rings. The summed E-state index contributed by atoms with van der Waals surface area (Å²) in [5.41, 5.74) is 0.835. The summed E-state index contributed by atoms with van der Waals surface area (Å²) in [5, 5.41) is 13.1. The molecule has 0 bridgehead atoms. The summed E-state index contributed by atoms with van der Waals surface area (Å²) in [4.78, 5) is 0. The molecule has 0 saturated carbocycles. The molecule has 3 rings (SSSR count). The van der Waals surface area contributed by atoms with Crippen molar-refractivity contribution in [3.63, 3.8) is 0 Å². The lowest BCUT2D eigenvalue weighted by Gasteiger charge is -2.21. The highest BCUT2D eigenvalue weighted by molar-refractivity contribution is 7.92. The summed E-state index contributed by atoms with van der Waals surface area (Å²) < 4.78 is 30.0. The summed E-state index contributed by atoms with van der Waals surface area (Å²) >= 11 is 0. The van der Waals surface area contributed by atoms with Gasteiger partial charge in [-0.1, -0.05) is 44.2 Å². The van der Waals surface area contributed by atoms with E-state index < -0.39 is 16.1 Å². The Balaban J connectivity index is 1.83. The van der Waals surface area contributed by atoms with Gasteiger partial charge in [-0.15, -0.1) is 10.2 Å². The van der Waals surface area contributed by atoms with Gasteiger partial charge in [0.2, 0.25) is 10.0 Å². The molecule has 0 spiro atoms. The normalized spacial score (nSPS) is 16.6. The highest BCUT2D eigenvalue weighted by atomic mass is 32.2. The molecule has 1 unspecified atom stereocenters. The van der Waals surface area contributed by atoms with Crippen LogP contribution in [0.4, 0.5) is 0 Å². The second-order valence-corrected chi connectivity index (χ2v) is 8.32. The molecule has 7 nitrogen and oxygen atoms in total. The van der Waals surface area contributed by atoms with Crippen LogP contribution in [-0.4, -0.2) is 36.3 Å². The van der Waals surface area contributed by atoms with Crippen LogP contribution in [0.3, 0.4) is 0 Å². The molecule has 1 aliphatic heterocycles. The van der Waals surface area contributed by atoms with E-state index in [-0.39, 0.29) is 5.92 Å². The molecule has 8 heteroatoms. The lowest BCUT2D eigenvalue weighted by atomic mass is 10.1. The second kappa shape index (κ2) is 8.11. The summed E-state index contributed by atoms with van der Waals surface area (Å²) in [6.07, 6.45) is 2.38. The number of sulfonamides is 1. The molecule has 1 aromatic carbocycles. The van der Waals surface area contributed by atoms with Crippen molar-refractivity contribution < 1.29 is 8.42 Å². The van der Waals surface area contributed by atoms with Crippen LogP contribution < -0.4 is 10.0 Å². The Bertz CT molecular complexity index is 859. The highest BCUT2D eigenvalue weighted by Gasteiger charge is 2.27. The van der Waals surface area contributed by atoms with Crippen LogP contribution in [0.2, 0.25) is 0 Å². The Hall–Kier alpha value is -2.03. The molecule has 26 heavy (non-hydrogen) atoms. The van der Waals surface area contributed by atoms with Crippen molar-refractivity contribution in [2.45, 2.75) is 32.9 Å². The van der Waals surface area contributed by atoms with Crippen molar-refractivity contribution in [1.82, 2.24) is 24.8 Å². The fourth-order valence-corrected chi connectivity index (χ4v) is 4.11. The van der Waals surface area contributed by atoms with Crippen LogP contribution in [0.5, 0.6) is 0 Å². The third kappa shape index (κ3) is 4.57. The Kier molecular flexibility index (Phi) is 5.85. The van der Waals surface area contributed by atoms with Gasteiger partial charge < -0.3 is 9.88 Å². The van der Waals surface area contributed by atoms with Gasteiger partial charge in [-0.3, -0.25) is 0 Å². The SMILES string of the molecule is CC(C)C(NS(=O)(=O)/C=C/c1ccccc1)c1nnc2n1CCNCC2. The average Bonchev–Trinajstić information content (AvgIpc) is 2.86. The smallest absolute Gasteiger partial charge is 0.234 e. The van der Waals surface area contributed by atoms with Gasteiger partial charge in [0, 0.05) is 31.5 Å². The van der Waals surface area contributed by atoms with Crippen LogP contribution in [0, 0.1) is 5.92 Å². The number of benzene rings is 1. The van der Waals surface area contributed by atoms with E-state index in [2.05, 4.69) is 20.2 Å². The Morgan fingerprint density at radius 3 is 2.69 bits per heavy atom. The lowest BCUT2D eigenvalue weighted by Crippen LogP contribution is -2.33. The Morgan fingerprint density at radius 1 is 1.19 bits per heavy atom. The first-order chi connectivity index (χ1) is 12.5. The van der Waals surface area contributed by atoms with Gasteiger partial charge >= 0.3 is 0 Å². The first-order valence-electron chi connectivity index (χ1n) is 8.84. The molecule has 1 atom stereocenters. The van der Waals surface area contributed by atoms with Crippen molar-refractivity contribution in [3.05, 3.63) is 53.0 Å². The van der Waals surface area contributed by atoms with E-state index in [9.17, 15) is 8.42 Å². The zero-order chi connectivity index (χ0) is 18.6. The van der Waals surface area contributed by atoms with Crippen molar-refractivity contribution in [2.75, 3.05) is 13.1 Å². The minimum absolute atomic E-state index is 0.0411. The third-order valence-corrected chi connectivity index (χ3v) is 5.45. The first kappa shape index (κ1) is 18.8. The van der Waals surface area contributed by atoms with Gasteiger partial charge in [0.15, 0.2) is 5.82 Å². The fraction of sp³-hybridized carbons (Fsp3) is 0.444. The van der Waals surface area contributed by atoms with E-state index in [4.69, 9.17) is 0 Å². The van der Waals surface area contributed by atoms with Crippen LogP contribution in [0.1, 0.15) is 37.1 Å². The van der Waals surface area contributed by atoms with Crippen molar-refractivity contribution in [1.29, 1.82) is 0 Å². The summed E-state index contributed by atoms with van der Waals surface area (Å²) in [6, 6.07) is 8.92. The minimum atomic E-state index is -3.61. The molecule has 2 aromatic rings. The van der Waals surface area contributed by atoms with E-state index in [0.717, 1.165) is 37.4 Å². The standard InChI is InChI=1S/C18H25N5O2S/c1-14(2)17(18-21-20-16-8-10-19-11-12-23(16)18)22-26(24,25)13-9-15-6-4-3-5-7-15/h3-7,9,13-14,17,19,22H,8,10-12H2,1-2H3/b13-9+. The van der Waals surface area contributed by atoms with E-state index in [1.165, 1.54) is 5.41 Å². The van der Waals surface area contributed by atoms with Gasteiger partial charge in [0.05, 0.1) is 6.04 Å². The number of nitrogens with zero attached hydrogens (tertiary/aromatic N) is 3. The molecule has 1 aliphatic rings. The monoisotopic (exact) mass is 375 g/mol. The van der Waals surface area contributed by atoms with Crippen LogP contribution in [-0.2, 0) is 23.0 Å². The molecule has 140 valence electrons. The zero-order valence-corrected chi connectivity index (χ0v) is 15.9. The molecule has 0 saturated heterocycles. The number of nitrogens with one attached hydrogen (secondary N) is 2. The van der Waals surface area contributed by atoms with E-state index in [1.807, 2.05) is 48.7 Å². The fourth-order valence-electron chi connectivity index (χ4n) is 2.96. The van der Waals surface area contributed by atoms with E-state index in [0.29, 0.717) is 5.82 Å². The maximum atomic E-state index is 12.6. The quantitative estimate of drug-likeness (QED) is 0.802. The second-order valence-electron chi connectivity index (χ2n) is 6.72. The zero-order valence-electron chi connectivity index (χ0n) is 15.1. The number of hydrogen-bond acceptors (Lipinski definition) is 5.